The van der Waals surface area contributed by atoms with Crippen molar-refractivity contribution < 1.29 is 4.42 Å². The highest BCUT2D eigenvalue weighted by atomic mass is 127. The highest BCUT2D eigenvalue weighted by Crippen LogP contribution is 2.29. The third-order valence-electron chi connectivity index (χ3n) is 2.87. The van der Waals surface area contributed by atoms with Gasteiger partial charge in [-0.1, -0.05) is 25.1 Å². The van der Waals surface area contributed by atoms with E-state index >= 15 is 0 Å². The molecule has 1 N–H and O–H groups in total. The molecule has 2 aromatic rings. The minimum Gasteiger partial charge on any atom is -0.459 e. The van der Waals surface area contributed by atoms with Crippen molar-refractivity contribution in [3.8, 4) is 11.3 Å². The predicted molar refractivity (Wildman–Crippen MR) is 79.0 cm³/mol. The lowest BCUT2D eigenvalue weighted by Crippen LogP contribution is -2.14. The van der Waals surface area contributed by atoms with Gasteiger partial charge in [0.1, 0.15) is 11.5 Å². The van der Waals surface area contributed by atoms with Crippen molar-refractivity contribution in [2.24, 2.45) is 0 Å². The van der Waals surface area contributed by atoms with Crippen LogP contribution in [0.5, 0.6) is 0 Å². The summed E-state index contributed by atoms with van der Waals surface area (Å²) in [5, 5.41) is 3.25. The van der Waals surface area contributed by atoms with E-state index in [0.717, 1.165) is 23.5 Å². The van der Waals surface area contributed by atoms with Crippen molar-refractivity contribution in [2.45, 2.75) is 19.4 Å². The molecule has 2 nitrogen and oxygen atoms in total. The summed E-state index contributed by atoms with van der Waals surface area (Å²) < 4.78 is 7.14. The fourth-order valence-electron chi connectivity index (χ4n) is 1.89. The Morgan fingerprint density at radius 2 is 2.00 bits per heavy atom. The first-order valence-corrected chi connectivity index (χ1v) is 6.86. The minimum absolute atomic E-state index is 0.296. The van der Waals surface area contributed by atoms with Crippen LogP contribution in [0.15, 0.2) is 40.8 Å². The van der Waals surface area contributed by atoms with Crippen molar-refractivity contribution in [2.75, 3.05) is 7.05 Å². The second-order valence-corrected chi connectivity index (χ2v) is 5.09. The molecule has 0 saturated carbocycles. The number of halogens is 1. The highest BCUT2D eigenvalue weighted by Gasteiger charge is 2.13. The van der Waals surface area contributed by atoms with Crippen molar-refractivity contribution in [1.29, 1.82) is 0 Å². The zero-order valence-corrected chi connectivity index (χ0v) is 12.2. The Labute approximate surface area is 116 Å². The zero-order chi connectivity index (χ0) is 12.3. The summed E-state index contributed by atoms with van der Waals surface area (Å²) in [4.78, 5) is 0. The van der Waals surface area contributed by atoms with Crippen molar-refractivity contribution in [3.05, 3.63) is 45.7 Å². The summed E-state index contributed by atoms with van der Waals surface area (Å²) in [7, 11) is 1.96. The van der Waals surface area contributed by atoms with E-state index in [4.69, 9.17) is 4.42 Å². The van der Waals surface area contributed by atoms with Gasteiger partial charge in [0.05, 0.1) is 6.04 Å². The van der Waals surface area contributed by atoms with Gasteiger partial charge in [0.25, 0.3) is 0 Å². The number of hydrogen-bond donors (Lipinski definition) is 1. The van der Waals surface area contributed by atoms with Crippen molar-refractivity contribution in [1.82, 2.24) is 5.32 Å². The Bertz CT molecular complexity index is 488. The summed E-state index contributed by atoms with van der Waals surface area (Å²) in [6.07, 6.45) is 1.02. The van der Waals surface area contributed by atoms with Gasteiger partial charge in [-0.25, -0.2) is 0 Å². The van der Waals surface area contributed by atoms with E-state index in [1.165, 1.54) is 3.57 Å². The van der Waals surface area contributed by atoms with Crippen LogP contribution in [0.2, 0.25) is 0 Å². The predicted octanol–water partition coefficient (Wildman–Crippen LogP) is 4.22. The summed E-state index contributed by atoms with van der Waals surface area (Å²) in [5.74, 6) is 1.95. The fourth-order valence-corrected chi connectivity index (χ4v) is 2.55. The number of hydrogen-bond acceptors (Lipinski definition) is 2. The van der Waals surface area contributed by atoms with Crippen LogP contribution < -0.4 is 5.32 Å². The Balaban J connectivity index is 2.33. The summed E-state index contributed by atoms with van der Waals surface area (Å²) in [6.45, 7) is 2.15. The minimum atomic E-state index is 0.296. The van der Waals surface area contributed by atoms with Gasteiger partial charge in [-0.3, -0.25) is 0 Å². The number of rotatable bonds is 4. The lowest BCUT2D eigenvalue weighted by Gasteiger charge is -2.10. The first-order valence-electron chi connectivity index (χ1n) is 5.78. The molecule has 0 saturated heterocycles. The van der Waals surface area contributed by atoms with E-state index in [2.05, 4.69) is 53.0 Å². The number of nitrogens with one attached hydrogen (secondary N) is 1. The monoisotopic (exact) mass is 341 g/mol. The molecule has 1 unspecified atom stereocenters. The van der Waals surface area contributed by atoms with Gasteiger partial charge in [-0.2, -0.15) is 0 Å². The molecule has 0 fully saturated rings. The lowest BCUT2D eigenvalue weighted by molar-refractivity contribution is 0.431. The van der Waals surface area contributed by atoms with Crippen molar-refractivity contribution >= 4 is 22.6 Å². The first-order chi connectivity index (χ1) is 8.26. The van der Waals surface area contributed by atoms with E-state index in [9.17, 15) is 0 Å². The molecular formula is C14H16INO. The van der Waals surface area contributed by atoms with Crippen LogP contribution in [0.3, 0.4) is 0 Å². The van der Waals surface area contributed by atoms with Gasteiger partial charge in [0.15, 0.2) is 0 Å². The van der Waals surface area contributed by atoms with Crippen LogP contribution in [-0.4, -0.2) is 7.05 Å². The number of furan rings is 1. The molecular weight excluding hydrogens is 325 g/mol. The summed E-state index contributed by atoms with van der Waals surface area (Å²) >= 11 is 2.33. The normalized spacial score (nSPS) is 12.6. The van der Waals surface area contributed by atoms with Crippen LogP contribution in [-0.2, 0) is 0 Å². The standard InChI is InChI=1S/C14H16INO/c1-3-12(16-2)14-9-8-13(17-14)10-6-4-5-7-11(10)15/h4-9,12,16H,3H2,1-2H3. The van der Waals surface area contributed by atoms with E-state index in [1.807, 2.05) is 25.2 Å². The third-order valence-corrected chi connectivity index (χ3v) is 3.81. The maximum atomic E-state index is 5.93. The van der Waals surface area contributed by atoms with Gasteiger partial charge in [-0.15, -0.1) is 0 Å². The highest BCUT2D eigenvalue weighted by molar-refractivity contribution is 14.1. The molecule has 17 heavy (non-hydrogen) atoms. The van der Waals surface area contributed by atoms with Crippen LogP contribution in [0.1, 0.15) is 25.1 Å². The van der Waals surface area contributed by atoms with Crippen LogP contribution in [0.25, 0.3) is 11.3 Å². The molecule has 1 aromatic heterocycles. The van der Waals surface area contributed by atoms with Gasteiger partial charge < -0.3 is 9.73 Å². The maximum Gasteiger partial charge on any atom is 0.135 e. The molecule has 0 aliphatic rings. The second kappa shape index (κ2) is 5.69. The SMILES string of the molecule is CCC(NC)c1ccc(-c2ccccc2I)o1. The number of benzene rings is 1. The topological polar surface area (TPSA) is 25.2 Å². The summed E-state index contributed by atoms with van der Waals surface area (Å²) in [5.41, 5.74) is 1.16. The van der Waals surface area contributed by atoms with E-state index < -0.39 is 0 Å². The van der Waals surface area contributed by atoms with E-state index in [-0.39, 0.29) is 0 Å². The average molecular weight is 341 g/mol. The fraction of sp³-hybridized carbons (Fsp3) is 0.286. The third kappa shape index (κ3) is 2.72. The van der Waals surface area contributed by atoms with Crippen LogP contribution in [0, 0.1) is 3.57 Å². The Kier molecular flexibility index (Phi) is 4.23. The maximum absolute atomic E-state index is 5.93. The van der Waals surface area contributed by atoms with Gasteiger partial charge >= 0.3 is 0 Å². The van der Waals surface area contributed by atoms with Crippen molar-refractivity contribution in [3.63, 3.8) is 0 Å². The molecule has 0 spiro atoms. The Morgan fingerprint density at radius 1 is 1.24 bits per heavy atom. The Morgan fingerprint density at radius 3 is 2.65 bits per heavy atom. The molecule has 1 aromatic carbocycles. The average Bonchev–Trinajstić information content (AvgIpc) is 2.81. The van der Waals surface area contributed by atoms with Gasteiger partial charge in [0.2, 0.25) is 0 Å². The zero-order valence-electron chi connectivity index (χ0n) is 10.0. The summed E-state index contributed by atoms with van der Waals surface area (Å²) in [6, 6.07) is 12.7. The van der Waals surface area contributed by atoms with Gasteiger partial charge in [0, 0.05) is 9.13 Å². The molecule has 2 rings (SSSR count). The first kappa shape index (κ1) is 12.6. The molecule has 0 amide bonds. The molecule has 0 bridgehead atoms. The largest absolute Gasteiger partial charge is 0.459 e. The quantitative estimate of drug-likeness (QED) is 0.843. The molecule has 0 radical (unpaired) electrons. The van der Waals surface area contributed by atoms with Crippen LogP contribution in [0.4, 0.5) is 0 Å². The smallest absolute Gasteiger partial charge is 0.135 e. The molecule has 1 heterocycles. The molecule has 90 valence electrons. The van der Waals surface area contributed by atoms with E-state index in [1.54, 1.807) is 0 Å². The molecule has 3 heteroatoms. The molecule has 1 atom stereocenters. The van der Waals surface area contributed by atoms with Gasteiger partial charge in [-0.05, 0) is 54.3 Å². The van der Waals surface area contributed by atoms with E-state index in [0.29, 0.717) is 6.04 Å². The lowest BCUT2D eigenvalue weighted by atomic mass is 10.1. The second-order valence-electron chi connectivity index (χ2n) is 3.93. The molecule has 0 aliphatic carbocycles. The Hall–Kier alpha value is -0.810. The van der Waals surface area contributed by atoms with Crippen LogP contribution >= 0.6 is 22.6 Å². The molecule has 0 aliphatic heterocycles.